The normalized spacial score (nSPS) is 10.7. The molecule has 0 fully saturated rings. The topological polar surface area (TPSA) is 64.4 Å². The maximum absolute atomic E-state index is 12.1. The van der Waals surface area contributed by atoms with Crippen LogP contribution in [0.3, 0.4) is 0 Å². The quantitative estimate of drug-likeness (QED) is 0.787. The summed E-state index contributed by atoms with van der Waals surface area (Å²) in [7, 11) is 1.62. The number of amides is 1. The summed E-state index contributed by atoms with van der Waals surface area (Å²) >= 11 is 0. The van der Waals surface area contributed by atoms with Crippen LogP contribution in [0.4, 0.5) is 0 Å². The number of oxazole rings is 1. The molecule has 5 heteroatoms. The lowest BCUT2D eigenvalue weighted by Crippen LogP contribution is -2.24. The number of ether oxygens (including phenoxy) is 1. The first-order chi connectivity index (χ1) is 11.2. The summed E-state index contributed by atoms with van der Waals surface area (Å²) in [4.78, 5) is 16.4. The van der Waals surface area contributed by atoms with Crippen molar-refractivity contribution >= 4 is 17.0 Å². The number of aryl methyl sites for hydroxylation is 1. The highest BCUT2D eigenvalue weighted by molar-refractivity contribution is 5.81. The third-order valence-corrected chi connectivity index (χ3v) is 3.59. The van der Waals surface area contributed by atoms with Crippen molar-refractivity contribution in [1.29, 1.82) is 0 Å². The van der Waals surface area contributed by atoms with Crippen molar-refractivity contribution in [2.24, 2.45) is 0 Å². The predicted octanol–water partition coefficient (Wildman–Crippen LogP) is 3.00. The van der Waals surface area contributed by atoms with E-state index >= 15 is 0 Å². The molecule has 1 heterocycles. The van der Waals surface area contributed by atoms with Crippen molar-refractivity contribution in [3.05, 3.63) is 59.5 Å². The van der Waals surface area contributed by atoms with Gasteiger partial charge in [-0.3, -0.25) is 4.79 Å². The van der Waals surface area contributed by atoms with Crippen LogP contribution in [-0.4, -0.2) is 18.0 Å². The van der Waals surface area contributed by atoms with Gasteiger partial charge in [0.15, 0.2) is 11.5 Å². The van der Waals surface area contributed by atoms with Crippen molar-refractivity contribution < 1.29 is 13.9 Å². The number of benzene rings is 2. The molecular formula is C18H18N2O3. The highest BCUT2D eigenvalue weighted by Gasteiger charge is 2.08. The minimum absolute atomic E-state index is 0.0459. The fraction of sp³-hybridized carbons (Fsp3) is 0.222. The SMILES string of the molecule is COc1ccccc1CNC(=O)Cc1ccc2oc(C)nc2c1. The second kappa shape index (κ2) is 6.52. The zero-order valence-corrected chi connectivity index (χ0v) is 13.1. The number of nitrogens with zero attached hydrogens (tertiary/aromatic N) is 1. The van der Waals surface area contributed by atoms with Crippen LogP contribution in [0.15, 0.2) is 46.9 Å². The van der Waals surface area contributed by atoms with E-state index in [-0.39, 0.29) is 5.91 Å². The van der Waals surface area contributed by atoms with Gasteiger partial charge in [-0.15, -0.1) is 0 Å². The van der Waals surface area contributed by atoms with Gasteiger partial charge >= 0.3 is 0 Å². The first-order valence-corrected chi connectivity index (χ1v) is 7.40. The molecule has 0 unspecified atom stereocenters. The molecule has 3 aromatic rings. The molecule has 0 saturated heterocycles. The van der Waals surface area contributed by atoms with E-state index < -0.39 is 0 Å². The average Bonchev–Trinajstić information content (AvgIpc) is 2.92. The van der Waals surface area contributed by atoms with Gasteiger partial charge in [-0.25, -0.2) is 4.98 Å². The molecule has 118 valence electrons. The molecule has 5 nitrogen and oxygen atoms in total. The van der Waals surface area contributed by atoms with Crippen LogP contribution in [-0.2, 0) is 17.8 Å². The van der Waals surface area contributed by atoms with Gasteiger partial charge in [0.05, 0.1) is 13.5 Å². The maximum Gasteiger partial charge on any atom is 0.224 e. The van der Waals surface area contributed by atoms with Gasteiger partial charge < -0.3 is 14.5 Å². The Kier molecular flexibility index (Phi) is 4.28. The number of methoxy groups -OCH3 is 1. The Hall–Kier alpha value is -2.82. The van der Waals surface area contributed by atoms with Crippen LogP contribution in [0.5, 0.6) is 5.75 Å². The van der Waals surface area contributed by atoms with Crippen molar-refractivity contribution in [2.75, 3.05) is 7.11 Å². The Labute approximate surface area is 134 Å². The highest BCUT2D eigenvalue weighted by atomic mass is 16.5. The lowest BCUT2D eigenvalue weighted by molar-refractivity contribution is -0.120. The van der Waals surface area contributed by atoms with E-state index in [4.69, 9.17) is 9.15 Å². The van der Waals surface area contributed by atoms with Crippen LogP contribution < -0.4 is 10.1 Å². The maximum atomic E-state index is 12.1. The number of hydrogen-bond acceptors (Lipinski definition) is 4. The summed E-state index contributed by atoms with van der Waals surface area (Å²) in [5.74, 6) is 1.35. The van der Waals surface area contributed by atoms with Gasteiger partial charge in [-0.2, -0.15) is 0 Å². The largest absolute Gasteiger partial charge is 0.496 e. The summed E-state index contributed by atoms with van der Waals surface area (Å²) in [5, 5.41) is 2.91. The van der Waals surface area contributed by atoms with E-state index in [0.29, 0.717) is 18.9 Å². The molecule has 0 aliphatic heterocycles. The molecule has 0 bridgehead atoms. The van der Waals surface area contributed by atoms with Gasteiger partial charge in [0.25, 0.3) is 0 Å². The zero-order valence-electron chi connectivity index (χ0n) is 13.1. The summed E-state index contributed by atoms with van der Waals surface area (Å²) in [6, 6.07) is 13.2. The summed E-state index contributed by atoms with van der Waals surface area (Å²) < 4.78 is 10.7. The van der Waals surface area contributed by atoms with E-state index in [1.165, 1.54) is 0 Å². The van der Waals surface area contributed by atoms with Crippen LogP contribution >= 0.6 is 0 Å². The Morgan fingerprint density at radius 1 is 1.26 bits per heavy atom. The first kappa shape index (κ1) is 15.1. The number of carbonyl (C=O) groups is 1. The number of aromatic nitrogens is 1. The van der Waals surface area contributed by atoms with Crippen LogP contribution in [0.2, 0.25) is 0 Å². The molecule has 1 aromatic heterocycles. The monoisotopic (exact) mass is 310 g/mol. The van der Waals surface area contributed by atoms with Gasteiger partial charge in [0.1, 0.15) is 11.3 Å². The Morgan fingerprint density at radius 2 is 2.09 bits per heavy atom. The molecule has 0 saturated carbocycles. The van der Waals surface area contributed by atoms with E-state index in [9.17, 15) is 4.79 Å². The van der Waals surface area contributed by atoms with E-state index in [2.05, 4.69) is 10.3 Å². The van der Waals surface area contributed by atoms with Gasteiger partial charge in [0, 0.05) is 19.0 Å². The second-order valence-corrected chi connectivity index (χ2v) is 5.30. The summed E-state index contributed by atoms with van der Waals surface area (Å²) in [6.45, 7) is 2.24. The molecule has 0 aliphatic carbocycles. The average molecular weight is 310 g/mol. The molecule has 0 atom stereocenters. The highest BCUT2D eigenvalue weighted by Crippen LogP contribution is 2.18. The van der Waals surface area contributed by atoms with Crippen LogP contribution in [0.1, 0.15) is 17.0 Å². The molecular weight excluding hydrogens is 292 g/mol. The number of carbonyl (C=O) groups excluding carboxylic acids is 1. The number of nitrogens with one attached hydrogen (secondary N) is 1. The van der Waals surface area contributed by atoms with E-state index in [1.807, 2.05) is 42.5 Å². The molecule has 2 aromatic carbocycles. The Balaban J connectivity index is 1.64. The Morgan fingerprint density at radius 3 is 2.91 bits per heavy atom. The minimum Gasteiger partial charge on any atom is -0.496 e. The van der Waals surface area contributed by atoms with Crippen molar-refractivity contribution in [2.45, 2.75) is 19.9 Å². The number of para-hydroxylation sites is 1. The third kappa shape index (κ3) is 3.51. The van der Waals surface area contributed by atoms with Crippen LogP contribution in [0, 0.1) is 6.92 Å². The standard InChI is InChI=1S/C18H18N2O3/c1-12-20-15-9-13(7-8-17(15)23-12)10-18(21)19-11-14-5-3-4-6-16(14)22-2/h3-9H,10-11H2,1-2H3,(H,19,21). The molecule has 0 aliphatic rings. The van der Waals surface area contributed by atoms with E-state index in [0.717, 1.165) is 28.0 Å². The van der Waals surface area contributed by atoms with Crippen molar-refractivity contribution in [1.82, 2.24) is 10.3 Å². The lowest BCUT2D eigenvalue weighted by Gasteiger charge is -2.09. The predicted molar refractivity (Wildman–Crippen MR) is 87.3 cm³/mol. The summed E-state index contributed by atoms with van der Waals surface area (Å²) in [5.41, 5.74) is 3.37. The molecule has 1 amide bonds. The van der Waals surface area contributed by atoms with Gasteiger partial charge in [-0.1, -0.05) is 24.3 Å². The van der Waals surface area contributed by atoms with Gasteiger partial charge in [0.2, 0.25) is 5.91 Å². The minimum atomic E-state index is -0.0459. The van der Waals surface area contributed by atoms with E-state index in [1.54, 1.807) is 14.0 Å². The molecule has 3 rings (SSSR count). The number of rotatable bonds is 5. The van der Waals surface area contributed by atoms with Crippen molar-refractivity contribution in [3.8, 4) is 5.75 Å². The first-order valence-electron chi connectivity index (χ1n) is 7.40. The Bertz CT molecular complexity index is 839. The fourth-order valence-electron chi connectivity index (χ4n) is 2.49. The molecule has 0 spiro atoms. The van der Waals surface area contributed by atoms with Crippen molar-refractivity contribution in [3.63, 3.8) is 0 Å². The van der Waals surface area contributed by atoms with Crippen LogP contribution in [0.25, 0.3) is 11.1 Å². The third-order valence-electron chi connectivity index (χ3n) is 3.59. The molecule has 1 N–H and O–H groups in total. The molecule has 0 radical (unpaired) electrons. The summed E-state index contributed by atoms with van der Waals surface area (Å²) in [6.07, 6.45) is 0.303. The fourth-order valence-corrected chi connectivity index (χ4v) is 2.49. The number of hydrogen-bond donors (Lipinski definition) is 1. The molecule has 23 heavy (non-hydrogen) atoms. The number of fused-ring (bicyclic) bond motifs is 1. The van der Waals surface area contributed by atoms with Gasteiger partial charge in [-0.05, 0) is 23.8 Å². The smallest absolute Gasteiger partial charge is 0.224 e. The zero-order chi connectivity index (χ0) is 16.2. The lowest BCUT2D eigenvalue weighted by atomic mass is 10.1. The second-order valence-electron chi connectivity index (χ2n) is 5.30.